The third-order valence-corrected chi connectivity index (χ3v) is 4.17. The van der Waals surface area contributed by atoms with Crippen molar-refractivity contribution in [2.75, 3.05) is 39.3 Å². The average molecular weight is 349 g/mol. The molecule has 1 fully saturated rings. The predicted octanol–water partition coefficient (Wildman–Crippen LogP) is 2.39. The number of hydrogen-bond acceptors (Lipinski definition) is 5. The van der Waals surface area contributed by atoms with Crippen LogP contribution in [0.3, 0.4) is 0 Å². The molecule has 0 saturated carbocycles. The van der Waals surface area contributed by atoms with Crippen LogP contribution in [-0.4, -0.2) is 44.8 Å². The van der Waals surface area contributed by atoms with Crippen molar-refractivity contribution < 1.29 is 32.5 Å². The highest BCUT2D eigenvalue weighted by molar-refractivity contribution is 5.56. The third-order valence-electron chi connectivity index (χ3n) is 4.17. The van der Waals surface area contributed by atoms with Crippen LogP contribution >= 0.6 is 0 Å². The van der Waals surface area contributed by atoms with Gasteiger partial charge in [0.05, 0.1) is 33.5 Å². The highest BCUT2D eigenvalue weighted by Gasteiger charge is 2.57. The number of aryl methyl sites for hydroxylation is 1. The van der Waals surface area contributed by atoms with Gasteiger partial charge < -0.3 is 25.1 Å². The minimum Gasteiger partial charge on any atom is -0.496 e. The van der Waals surface area contributed by atoms with Crippen molar-refractivity contribution in [1.29, 1.82) is 0 Å². The Morgan fingerprint density at radius 1 is 1.33 bits per heavy atom. The quantitative estimate of drug-likeness (QED) is 0.772. The summed E-state index contributed by atoms with van der Waals surface area (Å²) in [6.45, 7) is 3.36. The van der Waals surface area contributed by atoms with Gasteiger partial charge in [0.1, 0.15) is 5.75 Å². The molecule has 1 aliphatic rings. The van der Waals surface area contributed by atoms with Gasteiger partial charge in [-0.3, -0.25) is 0 Å². The number of ether oxygens (including phenoxy) is 3. The fourth-order valence-corrected chi connectivity index (χ4v) is 2.49. The minimum atomic E-state index is -4.94. The van der Waals surface area contributed by atoms with Crippen LogP contribution in [-0.2, 0) is 15.1 Å². The van der Waals surface area contributed by atoms with Crippen LogP contribution in [0.1, 0.15) is 18.1 Å². The first-order chi connectivity index (χ1) is 11.0. The molecule has 1 aliphatic heterocycles. The van der Waals surface area contributed by atoms with Gasteiger partial charge in [-0.05, 0) is 18.6 Å². The van der Waals surface area contributed by atoms with Gasteiger partial charge in [0.15, 0.2) is 0 Å². The van der Waals surface area contributed by atoms with E-state index in [0.29, 0.717) is 18.8 Å². The van der Waals surface area contributed by atoms with Crippen LogP contribution in [0.4, 0.5) is 18.9 Å². The molecule has 0 aliphatic carbocycles. The average Bonchev–Trinajstić information content (AvgIpc) is 2.46. The van der Waals surface area contributed by atoms with Crippen molar-refractivity contribution in [2.45, 2.75) is 25.6 Å². The predicted molar refractivity (Wildman–Crippen MR) is 81.8 cm³/mol. The maximum atomic E-state index is 13.6. The van der Waals surface area contributed by atoms with Gasteiger partial charge >= 0.3 is 6.18 Å². The Morgan fingerprint density at radius 2 is 1.96 bits per heavy atom. The highest BCUT2D eigenvalue weighted by Crippen LogP contribution is 2.44. The monoisotopic (exact) mass is 349 g/mol. The zero-order chi connectivity index (χ0) is 18.2. The number of nitrogen functional groups attached to an aromatic ring is 1. The number of alkyl halides is 3. The lowest BCUT2D eigenvalue weighted by atomic mass is 9.89. The Bertz CT molecular complexity index is 602. The Morgan fingerprint density at radius 3 is 2.42 bits per heavy atom. The SMILES string of the molecule is COc1cc(N)c(C)cc1C(O)(COCC1(C)COC1)C(F)(F)F. The molecule has 24 heavy (non-hydrogen) atoms. The molecule has 1 atom stereocenters. The van der Waals surface area contributed by atoms with Crippen molar-refractivity contribution >= 4 is 5.69 Å². The van der Waals surface area contributed by atoms with Crippen LogP contribution < -0.4 is 10.5 Å². The van der Waals surface area contributed by atoms with Gasteiger partial charge in [-0.25, -0.2) is 0 Å². The molecule has 136 valence electrons. The van der Waals surface area contributed by atoms with E-state index < -0.39 is 23.9 Å². The van der Waals surface area contributed by atoms with Crippen LogP contribution in [0.2, 0.25) is 0 Å². The van der Waals surface area contributed by atoms with Crippen molar-refractivity contribution in [1.82, 2.24) is 0 Å². The maximum absolute atomic E-state index is 13.6. The van der Waals surface area contributed by atoms with E-state index in [4.69, 9.17) is 19.9 Å². The van der Waals surface area contributed by atoms with E-state index in [0.717, 1.165) is 0 Å². The topological polar surface area (TPSA) is 73.9 Å². The van der Waals surface area contributed by atoms with Crippen LogP contribution in [0.15, 0.2) is 12.1 Å². The second kappa shape index (κ2) is 6.42. The zero-order valence-electron chi connectivity index (χ0n) is 13.9. The summed E-state index contributed by atoms with van der Waals surface area (Å²) in [4.78, 5) is 0. The Balaban J connectivity index is 2.32. The molecule has 1 aromatic carbocycles. The Hall–Kier alpha value is -1.51. The number of halogens is 3. The standard InChI is InChI=1S/C16H22F3NO4/c1-10-4-11(13(22-3)5-12(10)20)15(21,16(17,18)19)9-24-8-14(2)6-23-7-14/h4-5,21H,6-9,20H2,1-3H3. The summed E-state index contributed by atoms with van der Waals surface area (Å²) >= 11 is 0. The van der Waals surface area contributed by atoms with Crippen LogP contribution in [0, 0.1) is 12.3 Å². The number of nitrogens with two attached hydrogens (primary N) is 1. The van der Waals surface area contributed by atoms with Crippen LogP contribution in [0.25, 0.3) is 0 Å². The molecule has 1 saturated heterocycles. The molecule has 0 radical (unpaired) electrons. The molecule has 0 aromatic heterocycles. The zero-order valence-corrected chi connectivity index (χ0v) is 13.9. The van der Waals surface area contributed by atoms with E-state index >= 15 is 0 Å². The lowest BCUT2D eigenvalue weighted by molar-refractivity contribution is -0.286. The first kappa shape index (κ1) is 18.8. The molecule has 5 nitrogen and oxygen atoms in total. The Labute approximate surface area is 138 Å². The van der Waals surface area contributed by atoms with Crippen molar-refractivity contribution in [3.8, 4) is 5.75 Å². The normalized spacial score (nSPS) is 19.5. The summed E-state index contributed by atoms with van der Waals surface area (Å²) in [5, 5.41) is 10.4. The molecule has 8 heteroatoms. The van der Waals surface area contributed by atoms with E-state index in [-0.39, 0.29) is 23.5 Å². The largest absolute Gasteiger partial charge is 0.496 e. The minimum absolute atomic E-state index is 0.0572. The molecule has 1 aromatic rings. The Kier molecular flexibility index (Phi) is 5.03. The summed E-state index contributed by atoms with van der Waals surface area (Å²) in [6.07, 6.45) is -4.94. The third kappa shape index (κ3) is 3.45. The van der Waals surface area contributed by atoms with E-state index in [1.54, 1.807) is 6.92 Å². The van der Waals surface area contributed by atoms with Gasteiger partial charge in [0.25, 0.3) is 0 Å². The van der Waals surface area contributed by atoms with Gasteiger partial charge in [-0.2, -0.15) is 13.2 Å². The molecular weight excluding hydrogens is 327 g/mol. The smallest absolute Gasteiger partial charge is 0.423 e. The molecule has 0 amide bonds. The molecule has 1 heterocycles. The summed E-state index contributed by atoms with van der Waals surface area (Å²) in [6, 6.07) is 2.45. The maximum Gasteiger partial charge on any atom is 0.423 e. The molecule has 0 bridgehead atoms. The second-order valence-corrected chi connectivity index (χ2v) is 6.56. The highest BCUT2D eigenvalue weighted by atomic mass is 19.4. The van der Waals surface area contributed by atoms with Crippen molar-refractivity contribution in [3.05, 3.63) is 23.3 Å². The fraction of sp³-hybridized carbons (Fsp3) is 0.625. The summed E-state index contributed by atoms with van der Waals surface area (Å²) < 4.78 is 56.1. The number of methoxy groups -OCH3 is 1. The number of aliphatic hydroxyl groups is 1. The van der Waals surface area contributed by atoms with Crippen molar-refractivity contribution in [2.24, 2.45) is 5.41 Å². The van der Waals surface area contributed by atoms with Crippen molar-refractivity contribution in [3.63, 3.8) is 0 Å². The van der Waals surface area contributed by atoms with E-state index in [2.05, 4.69) is 0 Å². The lowest BCUT2D eigenvalue weighted by Gasteiger charge is -2.39. The summed E-state index contributed by atoms with van der Waals surface area (Å²) in [5.74, 6) is -0.139. The number of anilines is 1. The molecular formula is C16H22F3NO4. The lowest BCUT2D eigenvalue weighted by Crippen LogP contribution is -2.49. The first-order valence-corrected chi connectivity index (χ1v) is 7.42. The number of rotatable bonds is 6. The fourth-order valence-electron chi connectivity index (χ4n) is 2.49. The van der Waals surface area contributed by atoms with E-state index in [1.165, 1.54) is 19.2 Å². The summed E-state index contributed by atoms with van der Waals surface area (Å²) in [7, 11) is 1.22. The summed E-state index contributed by atoms with van der Waals surface area (Å²) in [5.41, 5.74) is 2.46. The van der Waals surface area contributed by atoms with Crippen LogP contribution in [0.5, 0.6) is 5.75 Å². The second-order valence-electron chi connectivity index (χ2n) is 6.56. The van der Waals surface area contributed by atoms with E-state index in [1.807, 2.05) is 6.92 Å². The van der Waals surface area contributed by atoms with Gasteiger partial charge in [-0.1, -0.05) is 6.92 Å². The molecule has 3 N–H and O–H groups in total. The number of hydrogen-bond donors (Lipinski definition) is 2. The van der Waals surface area contributed by atoms with Gasteiger partial charge in [0, 0.05) is 22.7 Å². The molecule has 2 rings (SSSR count). The van der Waals surface area contributed by atoms with E-state index in [9.17, 15) is 18.3 Å². The van der Waals surface area contributed by atoms with Gasteiger partial charge in [0.2, 0.25) is 5.60 Å². The number of benzene rings is 1. The van der Waals surface area contributed by atoms with Gasteiger partial charge in [-0.15, -0.1) is 0 Å². The first-order valence-electron chi connectivity index (χ1n) is 7.42. The molecule has 1 unspecified atom stereocenters. The molecule has 0 spiro atoms.